The molecule has 1 fully saturated rings. The number of carbonyl (C=O) groups is 2. The normalized spacial score (nSPS) is 17.4. The molecule has 2 amide bonds. The van der Waals surface area contributed by atoms with Crippen molar-refractivity contribution in [3.63, 3.8) is 0 Å². The van der Waals surface area contributed by atoms with Gasteiger partial charge >= 0.3 is 0 Å². The van der Waals surface area contributed by atoms with Crippen molar-refractivity contribution in [1.82, 2.24) is 10.2 Å². The predicted molar refractivity (Wildman–Crippen MR) is 92.1 cm³/mol. The van der Waals surface area contributed by atoms with Crippen LogP contribution in [0.25, 0.3) is 0 Å². The second kappa shape index (κ2) is 7.93. The predicted octanol–water partition coefficient (Wildman–Crippen LogP) is 1.90. The lowest BCUT2D eigenvalue weighted by molar-refractivity contribution is -0.130. The zero-order chi connectivity index (χ0) is 17.6. The van der Waals surface area contributed by atoms with E-state index in [4.69, 9.17) is 5.26 Å². The van der Waals surface area contributed by atoms with Gasteiger partial charge in [-0.3, -0.25) is 9.59 Å². The van der Waals surface area contributed by atoms with Crippen molar-refractivity contribution in [2.24, 2.45) is 0 Å². The molecule has 6 heteroatoms. The first-order chi connectivity index (χ1) is 11.4. The summed E-state index contributed by atoms with van der Waals surface area (Å²) < 4.78 is 0. The van der Waals surface area contributed by atoms with E-state index in [9.17, 15) is 9.59 Å². The van der Waals surface area contributed by atoms with Crippen molar-refractivity contribution in [3.05, 3.63) is 30.3 Å². The molecule has 0 spiro atoms. The van der Waals surface area contributed by atoms with Crippen LogP contribution in [0.2, 0.25) is 0 Å². The van der Waals surface area contributed by atoms with Crippen LogP contribution in [0.15, 0.2) is 30.3 Å². The molecule has 0 aromatic heterocycles. The molecule has 0 bridgehead atoms. The number of hydrogen-bond donors (Lipinski definition) is 2. The Labute approximate surface area is 142 Å². The highest BCUT2D eigenvalue weighted by molar-refractivity contribution is 5.91. The molecular formula is C18H24N4O2. The molecule has 1 heterocycles. The third kappa shape index (κ3) is 5.07. The Hall–Kier alpha value is -2.39. The number of nitrogens with zero attached hydrogens (tertiary/aromatic N) is 2. The maximum Gasteiger partial charge on any atom is 0.237 e. The Morgan fingerprint density at radius 2 is 2.04 bits per heavy atom. The third-order valence-electron chi connectivity index (χ3n) is 4.10. The summed E-state index contributed by atoms with van der Waals surface area (Å²) in [5, 5.41) is 15.0. The van der Waals surface area contributed by atoms with E-state index >= 15 is 0 Å². The second-order valence-electron chi connectivity index (χ2n) is 6.70. The summed E-state index contributed by atoms with van der Waals surface area (Å²) in [4.78, 5) is 26.0. The van der Waals surface area contributed by atoms with Crippen LogP contribution in [0.3, 0.4) is 0 Å². The minimum Gasteiger partial charge on any atom is -0.326 e. The molecule has 1 aromatic rings. The van der Waals surface area contributed by atoms with Crippen LogP contribution in [-0.2, 0) is 9.59 Å². The second-order valence-corrected chi connectivity index (χ2v) is 6.70. The highest BCUT2D eigenvalue weighted by Crippen LogP contribution is 2.17. The van der Waals surface area contributed by atoms with E-state index in [1.807, 2.05) is 44.2 Å². The van der Waals surface area contributed by atoms with Gasteiger partial charge in [0.25, 0.3) is 0 Å². The largest absolute Gasteiger partial charge is 0.326 e. The van der Waals surface area contributed by atoms with Gasteiger partial charge in [0.05, 0.1) is 12.6 Å². The maximum atomic E-state index is 12.2. The fourth-order valence-corrected chi connectivity index (χ4v) is 2.81. The van der Waals surface area contributed by atoms with E-state index in [0.717, 1.165) is 18.5 Å². The van der Waals surface area contributed by atoms with Gasteiger partial charge in [-0.1, -0.05) is 18.2 Å². The van der Waals surface area contributed by atoms with Gasteiger partial charge in [0, 0.05) is 24.2 Å². The number of hydrogen-bond acceptors (Lipinski definition) is 4. The molecule has 1 unspecified atom stereocenters. The van der Waals surface area contributed by atoms with Gasteiger partial charge in [0.15, 0.2) is 0 Å². The van der Waals surface area contributed by atoms with E-state index in [1.165, 1.54) is 0 Å². The van der Waals surface area contributed by atoms with E-state index in [2.05, 4.69) is 16.7 Å². The van der Waals surface area contributed by atoms with Crippen molar-refractivity contribution < 1.29 is 9.59 Å². The van der Waals surface area contributed by atoms with Crippen molar-refractivity contribution in [3.8, 4) is 6.07 Å². The summed E-state index contributed by atoms with van der Waals surface area (Å²) in [6, 6.07) is 11.1. The summed E-state index contributed by atoms with van der Waals surface area (Å²) in [5.74, 6) is -0.196. The molecule has 1 aromatic carbocycles. The number of para-hydroxylation sites is 1. The average Bonchev–Trinajstić information content (AvgIpc) is 3.01. The molecule has 2 rings (SSSR count). The van der Waals surface area contributed by atoms with Crippen LogP contribution in [0.4, 0.5) is 5.69 Å². The van der Waals surface area contributed by atoms with Gasteiger partial charge in [-0.05, 0) is 38.8 Å². The fourth-order valence-electron chi connectivity index (χ4n) is 2.81. The first kappa shape index (κ1) is 18.0. The van der Waals surface area contributed by atoms with Gasteiger partial charge in [-0.15, -0.1) is 0 Å². The summed E-state index contributed by atoms with van der Waals surface area (Å²) in [5.41, 5.74) is 0.236. The van der Waals surface area contributed by atoms with Gasteiger partial charge in [-0.25, -0.2) is 0 Å². The molecule has 0 aliphatic carbocycles. The molecule has 128 valence electrons. The number of nitrogens with one attached hydrogen (secondary N) is 2. The van der Waals surface area contributed by atoms with Crippen LogP contribution in [0, 0.1) is 11.3 Å². The van der Waals surface area contributed by atoms with Crippen LogP contribution >= 0.6 is 0 Å². The molecule has 1 saturated heterocycles. The molecule has 1 atom stereocenters. The van der Waals surface area contributed by atoms with Gasteiger partial charge in [0.1, 0.15) is 6.04 Å². The van der Waals surface area contributed by atoms with E-state index in [-0.39, 0.29) is 30.8 Å². The average molecular weight is 328 g/mol. The van der Waals surface area contributed by atoms with Crippen LogP contribution in [-0.4, -0.2) is 41.4 Å². The first-order valence-electron chi connectivity index (χ1n) is 8.20. The number of rotatable bonds is 6. The Balaban J connectivity index is 1.81. The summed E-state index contributed by atoms with van der Waals surface area (Å²) in [6.07, 6.45) is 1.86. The number of likely N-dealkylation sites (tertiary alicyclic amines) is 1. The highest BCUT2D eigenvalue weighted by Gasteiger charge is 2.30. The molecule has 24 heavy (non-hydrogen) atoms. The summed E-state index contributed by atoms with van der Waals surface area (Å²) in [6.45, 7) is 4.53. The Morgan fingerprint density at radius 3 is 2.71 bits per heavy atom. The smallest absolute Gasteiger partial charge is 0.237 e. The van der Waals surface area contributed by atoms with Crippen LogP contribution in [0.5, 0.6) is 0 Å². The lowest BCUT2D eigenvalue weighted by Gasteiger charge is -2.27. The Morgan fingerprint density at radius 1 is 1.33 bits per heavy atom. The number of anilines is 1. The highest BCUT2D eigenvalue weighted by atomic mass is 16.2. The van der Waals surface area contributed by atoms with Crippen LogP contribution in [0.1, 0.15) is 33.1 Å². The number of carbonyl (C=O) groups excluding carboxylic acids is 2. The molecule has 6 nitrogen and oxygen atoms in total. The van der Waals surface area contributed by atoms with E-state index < -0.39 is 5.54 Å². The first-order valence-corrected chi connectivity index (χ1v) is 8.20. The molecular weight excluding hydrogens is 304 g/mol. The minimum atomic E-state index is -0.517. The summed E-state index contributed by atoms with van der Waals surface area (Å²) >= 11 is 0. The van der Waals surface area contributed by atoms with Crippen molar-refractivity contribution in [1.29, 1.82) is 5.26 Å². The molecule has 0 radical (unpaired) electrons. The number of benzene rings is 1. The fraction of sp³-hybridized carbons (Fsp3) is 0.500. The zero-order valence-corrected chi connectivity index (χ0v) is 14.2. The molecule has 0 saturated carbocycles. The maximum absolute atomic E-state index is 12.2. The molecule has 1 aliphatic rings. The summed E-state index contributed by atoms with van der Waals surface area (Å²) in [7, 11) is 0. The van der Waals surface area contributed by atoms with E-state index in [0.29, 0.717) is 6.54 Å². The van der Waals surface area contributed by atoms with Crippen LogP contribution < -0.4 is 10.6 Å². The Bertz CT molecular complexity index is 622. The van der Waals surface area contributed by atoms with Gasteiger partial charge in [0.2, 0.25) is 11.8 Å². The Kier molecular flexibility index (Phi) is 5.93. The van der Waals surface area contributed by atoms with Gasteiger partial charge < -0.3 is 15.5 Å². The molecule has 2 N–H and O–H groups in total. The number of nitriles is 1. The minimum absolute atomic E-state index is 0.0874. The van der Waals surface area contributed by atoms with Gasteiger partial charge in [-0.2, -0.15) is 5.26 Å². The lowest BCUT2D eigenvalue weighted by atomic mass is 10.00. The van der Waals surface area contributed by atoms with Crippen molar-refractivity contribution in [2.45, 2.75) is 44.7 Å². The molecule has 1 aliphatic heterocycles. The zero-order valence-electron chi connectivity index (χ0n) is 14.2. The SMILES string of the molecule is CC(C)(CC(=O)Nc1ccccc1)NCC(=O)N1CCCC1C#N. The topological polar surface area (TPSA) is 85.2 Å². The monoisotopic (exact) mass is 328 g/mol. The van der Waals surface area contributed by atoms with Crippen molar-refractivity contribution >= 4 is 17.5 Å². The van der Waals surface area contributed by atoms with Crippen molar-refractivity contribution in [2.75, 3.05) is 18.4 Å². The lowest BCUT2D eigenvalue weighted by Crippen LogP contribution is -2.48. The third-order valence-corrected chi connectivity index (χ3v) is 4.10. The van der Waals surface area contributed by atoms with E-state index in [1.54, 1.807) is 4.90 Å². The quantitative estimate of drug-likeness (QED) is 0.835. The standard InChI is InChI=1S/C18H24N4O2/c1-18(2,11-16(23)21-14-7-4-3-5-8-14)20-13-17(24)22-10-6-9-15(22)12-19/h3-5,7-8,15,20H,6,9-11,13H2,1-2H3,(H,21,23). The number of amides is 2.